The first kappa shape index (κ1) is 12.4. The smallest absolute Gasteiger partial charge is 0.445 e. The van der Waals surface area contributed by atoms with Crippen molar-refractivity contribution in [1.29, 1.82) is 0 Å². The van der Waals surface area contributed by atoms with Gasteiger partial charge in [0.05, 0.1) is 5.06 Å². The predicted molar refractivity (Wildman–Crippen MR) is 56.8 cm³/mol. The van der Waals surface area contributed by atoms with E-state index in [1.165, 1.54) is 11.8 Å². The van der Waals surface area contributed by atoms with E-state index in [1.807, 2.05) is 0 Å². The van der Waals surface area contributed by atoms with E-state index >= 15 is 0 Å². The highest BCUT2D eigenvalue weighted by Crippen LogP contribution is 2.38. The van der Waals surface area contributed by atoms with Crippen LogP contribution in [0.25, 0.3) is 0 Å². The van der Waals surface area contributed by atoms with E-state index < -0.39 is 20.4 Å². The SMILES string of the molecule is CSc1[o+]c(C(=O)C(Cl)(Cl)Cl)c([O-])s1. The molecule has 0 aliphatic heterocycles. The van der Waals surface area contributed by atoms with Gasteiger partial charge in [0.15, 0.2) is 0 Å². The Kier molecular flexibility index (Phi) is 3.94. The molecular weight excluding hydrogens is 291 g/mol. The van der Waals surface area contributed by atoms with Crippen molar-refractivity contribution in [3.8, 4) is 5.06 Å². The van der Waals surface area contributed by atoms with Crippen LogP contribution in [0.15, 0.2) is 8.82 Å². The molecular formula is C6H3Cl3O3S2. The number of ketones is 1. The van der Waals surface area contributed by atoms with Gasteiger partial charge in [0.2, 0.25) is 0 Å². The summed E-state index contributed by atoms with van der Waals surface area (Å²) in [6, 6.07) is 0. The summed E-state index contributed by atoms with van der Waals surface area (Å²) in [5, 5.41) is 10.7. The van der Waals surface area contributed by atoms with Crippen LogP contribution < -0.4 is 5.11 Å². The van der Waals surface area contributed by atoms with Crippen LogP contribution in [0.5, 0.6) is 5.06 Å². The second-order valence-electron chi connectivity index (χ2n) is 2.10. The van der Waals surface area contributed by atoms with Crippen LogP contribution in [0.4, 0.5) is 0 Å². The summed E-state index contributed by atoms with van der Waals surface area (Å²) in [6.07, 6.45) is 1.71. The molecule has 1 aromatic rings. The average molecular weight is 294 g/mol. The number of halogens is 3. The van der Waals surface area contributed by atoms with Gasteiger partial charge in [-0.25, -0.2) is 0 Å². The molecule has 1 heterocycles. The van der Waals surface area contributed by atoms with Gasteiger partial charge in [-0.2, -0.15) is 4.42 Å². The summed E-state index contributed by atoms with van der Waals surface area (Å²) in [4.78, 5) is 11.3. The minimum atomic E-state index is -2.15. The molecule has 0 N–H and O–H groups in total. The molecule has 0 saturated heterocycles. The van der Waals surface area contributed by atoms with Gasteiger partial charge in [-0.05, 0) is 29.4 Å². The molecule has 78 valence electrons. The Morgan fingerprint density at radius 3 is 2.50 bits per heavy atom. The van der Waals surface area contributed by atoms with Gasteiger partial charge >= 0.3 is 15.9 Å². The fourth-order valence-corrected chi connectivity index (χ4v) is 2.11. The highest BCUT2D eigenvalue weighted by atomic mass is 35.6. The Balaban J connectivity index is 3.07. The second-order valence-corrected chi connectivity index (χ2v) is 6.37. The van der Waals surface area contributed by atoms with Crippen molar-refractivity contribution >= 4 is 63.7 Å². The zero-order chi connectivity index (χ0) is 10.9. The van der Waals surface area contributed by atoms with Gasteiger partial charge in [0.1, 0.15) is 0 Å². The van der Waals surface area contributed by atoms with Gasteiger partial charge in [-0.3, -0.25) is 4.79 Å². The summed E-state index contributed by atoms with van der Waals surface area (Å²) >= 11 is 18.0. The fraction of sp³-hybridized carbons (Fsp3) is 0.333. The lowest BCUT2D eigenvalue weighted by molar-refractivity contribution is -0.263. The number of carbonyl (C=O) groups excluding carboxylic acids is 1. The highest BCUT2D eigenvalue weighted by Gasteiger charge is 2.41. The first-order valence-corrected chi connectivity index (χ1v) is 6.33. The minimum Gasteiger partial charge on any atom is -0.858 e. The molecule has 0 aliphatic rings. The molecule has 0 aromatic carbocycles. The van der Waals surface area contributed by atoms with Crippen LogP contribution in [-0.2, 0) is 0 Å². The summed E-state index contributed by atoms with van der Waals surface area (Å²) in [5.41, 5.74) is 0. The average Bonchev–Trinajstić information content (AvgIpc) is 2.43. The maximum absolute atomic E-state index is 11.3. The van der Waals surface area contributed by atoms with Gasteiger partial charge in [-0.1, -0.05) is 34.8 Å². The number of rotatable bonds is 2. The van der Waals surface area contributed by atoms with E-state index in [0.717, 1.165) is 11.3 Å². The topological polar surface area (TPSA) is 51.4 Å². The summed E-state index contributed by atoms with van der Waals surface area (Å²) in [7, 11) is 0. The molecule has 0 saturated carbocycles. The third-order valence-corrected chi connectivity index (χ3v) is 3.48. The van der Waals surface area contributed by atoms with Crippen molar-refractivity contribution in [3.05, 3.63) is 5.76 Å². The van der Waals surface area contributed by atoms with Crippen LogP contribution in [0.1, 0.15) is 10.6 Å². The molecule has 0 amide bonds. The molecule has 14 heavy (non-hydrogen) atoms. The normalized spacial score (nSPS) is 11.7. The lowest BCUT2D eigenvalue weighted by Gasteiger charge is -2.03. The van der Waals surface area contributed by atoms with E-state index in [4.69, 9.17) is 39.2 Å². The number of carbonyl (C=O) groups is 1. The molecule has 0 unspecified atom stereocenters. The molecule has 1 rings (SSSR count). The van der Waals surface area contributed by atoms with Crippen LogP contribution in [0.2, 0.25) is 0 Å². The van der Waals surface area contributed by atoms with Crippen molar-refractivity contribution in [2.45, 2.75) is 8.20 Å². The number of hydrogen-bond acceptors (Lipinski definition) is 4. The molecule has 0 fully saturated rings. The third kappa shape index (κ3) is 2.67. The number of Topliss-reactive ketones (excluding diaryl/α,β-unsaturated/α-hetero) is 1. The standard InChI is InChI=1S/C6H3Cl3O3S2/c1-13-5-12-2(4(11)14-5)3(10)6(7,8)9/h1H3. The molecule has 0 bridgehead atoms. The Labute approximate surface area is 103 Å². The molecule has 0 radical (unpaired) electrons. The van der Waals surface area contributed by atoms with E-state index in [0.29, 0.717) is 4.41 Å². The monoisotopic (exact) mass is 292 g/mol. The highest BCUT2D eigenvalue weighted by molar-refractivity contribution is 8.00. The van der Waals surface area contributed by atoms with Crippen molar-refractivity contribution in [2.24, 2.45) is 0 Å². The van der Waals surface area contributed by atoms with Crippen LogP contribution in [-0.4, -0.2) is 15.8 Å². The predicted octanol–water partition coefficient (Wildman–Crippen LogP) is 2.97. The molecule has 8 heteroatoms. The van der Waals surface area contributed by atoms with Crippen molar-refractivity contribution < 1.29 is 14.3 Å². The van der Waals surface area contributed by atoms with Gasteiger partial charge in [0.25, 0.3) is 3.79 Å². The van der Waals surface area contributed by atoms with Crippen LogP contribution >= 0.6 is 57.9 Å². The zero-order valence-electron chi connectivity index (χ0n) is 6.68. The fourth-order valence-electron chi connectivity index (χ4n) is 0.619. The summed E-state index contributed by atoms with van der Waals surface area (Å²) in [5.74, 6) is -1.37. The van der Waals surface area contributed by atoms with E-state index in [-0.39, 0.29) is 0 Å². The zero-order valence-corrected chi connectivity index (χ0v) is 10.6. The van der Waals surface area contributed by atoms with Crippen LogP contribution in [0.3, 0.4) is 0 Å². The number of hydrogen-bond donors (Lipinski definition) is 0. The van der Waals surface area contributed by atoms with E-state index in [9.17, 15) is 9.90 Å². The Morgan fingerprint density at radius 2 is 2.14 bits per heavy atom. The van der Waals surface area contributed by atoms with E-state index in [2.05, 4.69) is 0 Å². The molecule has 0 spiro atoms. The molecule has 3 nitrogen and oxygen atoms in total. The Bertz CT molecular complexity index is 358. The summed E-state index contributed by atoms with van der Waals surface area (Å²) < 4.78 is 3.12. The third-order valence-electron chi connectivity index (χ3n) is 1.18. The van der Waals surface area contributed by atoms with Crippen molar-refractivity contribution in [3.63, 3.8) is 0 Å². The molecule has 1 aromatic heterocycles. The number of thioether (sulfide) groups is 1. The maximum Gasteiger partial charge on any atom is 0.445 e. The van der Waals surface area contributed by atoms with E-state index in [1.54, 1.807) is 6.26 Å². The molecule has 0 aliphatic carbocycles. The van der Waals surface area contributed by atoms with Gasteiger partial charge in [-0.15, -0.1) is 0 Å². The Hall–Kier alpha value is 0.320. The quantitative estimate of drug-likeness (QED) is 0.364. The lowest BCUT2D eigenvalue weighted by atomic mass is 10.3. The molecule has 0 atom stereocenters. The lowest BCUT2D eigenvalue weighted by Crippen LogP contribution is -2.19. The number of alkyl halides is 3. The maximum atomic E-state index is 11.3. The second kappa shape index (κ2) is 4.45. The van der Waals surface area contributed by atoms with Gasteiger partial charge in [0, 0.05) is 0 Å². The summed E-state index contributed by atoms with van der Waals surface area (Å²) in [6.45, 7) is 0. The largest absolute Gasteiger partial charge is 0.858 e. The van der Waals surface area contributed by atoms with Gasteiger partial charge < -0.3 is 5.11 Å². The first-order chi connectivity index (χ1) is 6.36. The Morgan fingerprint density at radius 1 is 1.57 bits per heavy atom. The first-order valence-electron chi connectivity index (χ1n) is 3.15. The minimum absolute atomic E-state index is 0.354. The van der Waals surface area contributed by atoms with Crippen molar-refractivity contribution in [1.82, 2.24) is 0 Å². The van der Waals surface area contributed by atoms with Crippen molar-refractivity contribution in [2.75, 3.05) is 6.26 Å². The van der Waals surface area contributed by atoms with Crippen LogP contribution in [0, 0.1) is 0 Å².